The van der Waals surface area contributed by atoms with Crippen molar-refractivity contribution in [1.82, 2.24) is 0 Å². The van der Waals surface area contributed by atoms with Crippen molar-refractivity contribution in [2.75, 3.05) is 5.48 Å². The van der Waals surface area contributed by atoms with E-state index < -0.39 is 0 Å². The van der Waals surface area contributed by atoms with E-state index in [1.165, 1.54) is 29.2 Å². The highest BCUT2D eigenvalue weighted by Crippen LogP contribution is 2.37. The van der Waals surface area contributed by atoms with Gasteiger partial charge >= 0.3 is 5.97 Å². The summed E-state index contributed by atoms with van der Waals surface area (Å²) >= 11 is 0. The van der Waals surface area contributed by atoms with Crippen molar-refractivity contribution >= 4 is 11.7 Å². The van der Waals surface area contributed by atoms with E-state index in [1.54, 1.807) is 0 Å². The quantitative estimate of drug-likeness (QED) is 0.698. The van der Waals surface area contributed by atoms with E-state index in [2.05, 4.69) is 35.8 Å². The van der Waals surface area contributed by atoms with Crippen LogP contribution in [0.3, 0.4) is 0 Å². The number of carbonyl (C=O) groups is 1. The van der Waals surface area contributed by atoms with Crippen LogP contribution in [-0.2, 0) is 16.1 Å². The maximum atomic E-state index is 10.7. The van der Waals surface area contributed by atoms with Gasteiger partial charge in [-0.2, -0.15) is 0 Å². The largest absolute Gasteiger partial charge is 0.344 e. The zero-order valence-corrected chi connectivity index (χ0v) is 10.1. The van der Waals surface area contributed by atoms with Crippen molar-refractivity contribution < 1.29 is 9.63 Å². The van der Waals surface area contributed by atoms with Crippen LogP contribution in [0, 0.1) is 0 Å². The van der Waals surface area contributed by atoms with Crippen molar-refractivity contribution in [2.24, 2.45) is 0 Å². The minimum Gasteiger partial charge on any atom is -0.344 e. The average Bonchev–Trinajstić information content (AvgIpc) is 2.73. The topological polar surface area (TPSA) is 38.3 Å². The highest BCUT2D eigenvalue weighted by atomic mass is 16.7. The summed E-state index contributed by atoms with van der Waals surface area (Å²) in [6.45, 7) is 1.37. The number of rotatable bonds is 2. The minimum absolute atomic E-state index is 0.348. The molecule has 1 N–H and O–H groups in total. The highest BCUT2D eigenvalue weighted by molar-refractivity contribution is 5.78. The van der Waals surface area contributed by atoms with E-state index in [1.807, 2.05) is 12.1 Å². The molecule has 0 fully saturated rings. The molecule has 3 rings (SSSR count). The summed E-state index contributed by atoms with van der Waals surface area (Å²) < 4.78 is 0. The summed E-state index contributed by atoms with van der Waals surface area (Å²) in [7, 11) is 0. The number of hydrogen-bond acceptors (Lipinski definition) is 3. The Bertz CT molecular complexity index is 620. The zero-order valence-electron chi connectivity index (χ0n) is 10.1. The van der Waals surface area contributed by atoms with E-state index in [0.29, 0.717) is 0 Å². The number of fused-ring (bicyclic) bond motifs is 3. The molecule has 3 nitrogen and oxygen atoms in total. The lowest BCUT2D eigenvalue weighted by molar-refractivity contribution is -0.138. The Morgan fingerprint density at radius 1 is 1.11 bits per heavy atom. The third-order valence-electron chi connectivity index (χ3n) is 3.11. The maximum absolute atomic E-state index is 10.7. The van der Waals surface area contributed by atoms with Crippen LogP contribution in [0.2, 0.25) is 0 Å². The third-order valence-corrected chi connectivity index (χ3v) is 3.11. The molecule has 90 valence electrons. The molecule has 2 aromatic carbocycles. The molecule has 1 aliphatic carbocycles. The molecule has 0 radical (unpaired) electrons. The molecule has 0 heterocycles. The number of hydrogen-bond donors (Lipinski definition) is 1. The predicted molar refractivity (Wildman–Crippen MR) is 70.1 cm³/mol. The van der Waals surface area contributed by atoms with Crippen LogP contribution in [0.5, 0.6) is 0 Å². The lowest BCUT2D eigenvalue weighted by Crippen LogP contribution is -2.06. The Hall–Kier alpha value is -2.29. The molecule has 0 spiro atoms. The van der Waals surface area contributed by atoms with Gasteiger partial charge in [0.15, 0.2) is 0 Å². The van der Waals surface area contributed by atoms with Crippen molar-refractivity contribution in [3.8, 4) is 11.1 Å². The first-order valence-electron chi connectivity index (χ1n) is 5.88. The lowest BCUT2D eigenvalue weighted by Gasteiger charge is -2.07. The number of nitrogens with one attached hydrogen (secondary N) is 1. The normalized spacial score (nSPS) is 11.6. The Morgan fingerprint density at radius 2 is 1.89 bits per heavy atom. The predicted octanol–water partition coefficient (Wildman–Crippen LogP) is 3.15. The summed E-state index contributed by atoms with van der Waals surface area (Å²) in [4.78, 5) is 15.5. The highest BCUT2D eigenvalue weighted by Gasteiger charge is 2.17. The third kappa shape index (κ3) is 1.84. The molecule has 0 aliphatic heterocycles. The van der Waals surface area contributed by atoms with Gasteiger partial charge in [-0.15, -0.1) is 0 Å². The van der Waals surface area contributed by atoms with Crippen molar-refractivity contribution in [3.05, 3.63) is 53.6 Å². The molecule has 0 aromatic heterocycles. The summed E-state index contributed by atoms with van der Waals surface area (Å²) in [6.07, 6.45) is 0.932. The molecule has 3 heteroatoms. The van der Waals surface area contributed by atoms with Gasteiger partial charge in [-0.1, -0.05) is 30.3 Å². The molecular weight excluding hydrogens is 226 g/mol. The molecule has 0 amide bonds. The number of benzene rings is 2. The minimum atomic E-state index is -0.348. The smallest absolute Gasteiger partial charge is 0.329 e. The van der Waals surface area contributed by atoms with Crippen LogP contribution < -0.4 is 5.48 Å². The van der Waals surface area contributed by atoms with Crippen molar-refractivity contribution in [1.29, 1.82) is 0 Å². The van der Waals surface area contributed by atoms with Gasteiger partial charge < -0.3 is 4.84 Å². The SMILES string of the molecule is CC(=O)ONc1ccc2c(c1)Cc1ccccc1-2. The van der Waals surface area contributed by atoms with Crippen LogP contribution in [0.4, 0.5) is 5.69 Å². The monoisotopic (exact) mass is 239 g/mol. The Morgan fingerprint density at radius 3 is 2.72 bits per heavy atom. The molecule has 0 unspecified atom stereocenters. The maximum Gasteiger partial charge on any atom is 0.329 e. The first-order valence-corrected chi connectivity index (χ1v) is 5.88. The van der Waals surface area contributed by atoms with Crippen LogP contribution >= 0.6 is 0 Å². The van der Waals surface area contributed by atoms with E-state index in [0.717, 1.165) is 12.1 Å². The Kier molecular flexibility index (Phi) is 2.52. The molecule has 1 aliphatic rings. The van der Waals surface area contributed by atoms with E-state index in [4.69, 9.17) is 4.84 Å². The van der Waals surface area contributed by atoms with Crippen LogP contribution in [-0.4, -0.2) is 5.97 Å². The van der Waals surface area contributed by atoms with Gasteiger partial charge in [0.25, 0.3) is 0 Å². The molecule has 0 bridgehead atoms. The fraction of sp³-hybridized carbons (Fsp3) is 0.133. The van der Waals surface area contributed by atoms with Crippen molar-refractivity contribution in [3.63, 3.8) is 0 Å². The Labute approximate surface area is 105 Å². The molecule has 0 atom stereocenters. The molecule has 18 heavy (non-hydrogen) atoms. The second kappa shape index (κ2) is 4.18. The average molecular weight is 239 g/mol. The summed E-state index contributed by atoms with van der Waals surface area (Å²) in [6, 6.07) is 14.4. The lowest BCUT2D eigenvalue weighted by atomic mass is 10.1. The van der Waals surface area contributed by atoms with Gasteiger partial charge in [0.2, 0.25) is 0 Å². The molecule has 2 aromatic rings. The van der Waals surface area contributed by atoms with Crippen LogP contribution in [0.15, 0.2) is 42.5 Å². The second-order valence-corrected chi connectivity index (χ2v) is 4.40. The van der Waals surface area contributed by atoms with Gasteiger partial charge in [-0.25, -0.2) is 5.48 Å². The molecule has 0 saturated carbocycles. The Balaban J connectivity index is 1.91. The van der Waals surface area contributed by atoms with Gasteiger partial charge in [-0.3, -0.25) is 4.79 Å². The van der Waals surface area contributed by atoms with E-state index in [-0.39, 0.29) is 5.97 Å². The standard InChI is InChI=1S/C15H13NO2/c1-10(17)18-16-13-6-7-15-12(9-13)8-11-4-2-3-5-14(11)15/h2-7,9,16H,8H2,1H3. The van der Waals surface area contributed by atoms with E-state index in [9.17, 15) is 4.79 Å². The first-order chi connectivity index (χ1) is 8.74. The van der Waals surface area contributed by atoms with Crippen LogP contribution in [0.25, 0.3) is 11.1 Å². The zero-order chi connectivity index (χ0) is 12.5. The van der Waals surface area contributed by atoms with Crippen molar-refractivity contribution in [2.45, 2.75) is 13.3 Å². The second-order valence-electron chi connectivity index (χ2n) is 4.40. The number of anilines is 1. The summed E-state index contributed by atoms with van der Waals surface area (Å²) in [5.41, 5.74) is 8.62. The first kappa shape index (κ1) is 10.8. The fourth-order valence-electron chi connectivity index (χ4n) is 2.34. The fourth-order valence-corrected chi connectivity index (χ4v) is 2.34. The van der Waals surface area contributed by atoms with Crippen LogP contribution in [0.1, 0.15) is 18.1 Å². The van der Waals surface area contributed by atoms with Gasteiger partial charge in [-0.05, 0) is 40.8 Å². The summed E-state index contributed by atoms with van der Waals surface area (Å²) in [5, 5.41) is 0. The summed E-state index contributed by atoms with van der Waals surface area (Å²) in [5.74, 6) is -0.348. The van der Waals surface area contributed by atoms with E-state index >= 15 is 0 Å². The van der Waals surface area contributed by atoms with Gasteiger partial charge in [0.1, 0.15) is 0 Å². The van der Waals surface area contributed by atoms with Gasteiger partial charge in [0.05, 0.1) is 5.69 Å². The molecular formula is C15H13NO2. The molecule has 0 saturated heterocycles. The number of carbonyl (C=O) groups excluding carboxylic acids is 1. The van der Waals surface area contributed by atoms with Gasteiger partial charge in [0, 0.05) is 6.92 Å².